The summed E-state index contributed by atoms with van der Waals surface area (Å²) >= 11 is 0. The van der Waals surface area contributed by atoms with Crippen LogP contribution in [0.15, 0.2) is 51.8 Å². The Morgan fingerprint density at radius 1 is 1.08 bits per heavy atom. The highest BCUT2D eigenvalue weighted by atomic mass is 32.2. The lowest BCUT2D eigenvalue weighted by atomic mass is 10.2. The summed E-state index contributed by atoms with van der Waals surface area (Å²) in [5.41, 5.74) is 1.61. The van der Waals surface area contributed by atoms with Gasteiger partial charge in [0.1, 0.15) is 0 Å². The van der Waals surface area contributed by atoms with Crippen LogP contribution in [0.2, 0.25) is 0 Å². The van der Waals surface area contributed by atoms with Crippen LogP contribution in [-0.4, -0.2) is 28.3 Å². The van der Waals surface area contributed by atoms with E-state index in [1.165, 1.54) is 13.3 Å². The van der Waals surface area contributed by atoms with Crippen LogP contribution in [0.5, 0.6) is 11.5 Å². The Balaban J connectivity index is 2.23. The quantitative estimate of drug-likeness (QED) is 0.718. The van der Waals surface area contributed by atoms with Gasteiger partial charge in [-0.15, -0.1) is 0 Å². The Morgan fingerprint density at radius 3 is 2.42 bits per heavy atom. The minimum atomic E-state index is -3.72. The molecule has 0 saturated heterocycles. The number of hydrogen-bond acceptors (Lipinski definition) is 4. The molecular weight excluding hydrogens is 326 g/mol. The minimum Gasteiger partial charge on any atom is -0.493 e. The Kier molecular flexibility index (Phi) is 5.98. The Labute approximate surface area is 143 Å². The summed E-state index contributed by atoms with van der Waals surface area (Å²) in [4.78, 5) is 0.166. The van der Waals surface area contributed by atoms with E-state index in [-0.39, 0.29) is 4.90 Å². The number of methoxy groups -OCH3 is 1. The first-order valence-electron chi connectivity index (χ1n) is 7.64. The second-order valence-corrected chi connectivity index (χ2v) is 6.91. The van der Waals surface area contributed by atoms with E-state index in [1.54, 1.807) is 42.5 Å². The van der Waals surface area contributed by atoms with Crippen molar-refractivity contribution in [3.63, 3.8) is 0 Å². The Morgan fingerprint density at radius 2 is 1.79 bits per heavy atom. The van der Waals surface area contributed by atoms with Gasteiger partial charge in [-0.2, -0.15) is 12.8 Å². The van der Waals surface area contributed by atoms with E-state index in [4.69, 9.17) is 9.47 Å². The molecule has 6 heteroatoms. The van der Waals surface area contributed by atoms with Gasteiger partial charge in [-0.05, 0) is 49.2 Å². The van der Waals surface area contributed by atoms with Gasteiger partial charge in [0, 0.05) is 6.21 Å². The van der Waals surface area contributed by atoms with E-state index in [0.717, 1.165) is 12.0 Å². The van der Waals surface area contributed by atoms with Crippen LogP contribution in [0.4, 0.5) is 0 Å². The topological polar surface area (TPSA) is 65.0 Å². The van der Waals surface area contributed by atoms with Crippen molar-refractivity contribution in [3.8, 4) is 11.5 Å². The molecule has 0 atom stereocenters. The van der Waals surface area contributed by atoms with Gasteiger partial charge >= 0.3 is 0 Å². The molecular formula is C18H21NO4S. The van der Waals surface area contributed by atoms with E-state index in [0.29, 0.717) is 23.7 Å². The largest absolute Gasteiger partial charge is 0.493 e. The number of sulfonamides is 1. The predicted octanol–water partition coefficient (Wildman–Crippen LogP) is 3.60. The molecule has 0 aliphatic carbocycles. The highest BCUT2D eigenvalue weighted by molar-refractivity contribution is 7.90. The van der Waals surface area contributed by atoms with Crippen LogP contribution >= 0.6 is 0 Å². The zero-order valence-corrected chi connectivity index (χ0v) is 14.8. The smallest absolute Gasteiger partial charge is 0.282 e. The molecule has 0 aliphatic heterocycles. The molecule has 128 valence electrons. The van der Waals surface area contributed by atoms with Crippen molar-refractivity contribution in [1.82, 2.24) is 0 Å². The molecule has 0 aliphatic rings. The second kappa shape index (κ2) is 7.97. The van der Waals surface area contributed by atoms with Crippen molar-refractivity contribution in [2.24, 2.45) is 4.40 Å². The number of rotatable bonds is 7. The van der Waals surface area contributed by atoms with E-state index in [9.17, 15) is 8.42 Å². The lowest BCUT2D eigenvalue weighted by Gasteiger charge is -2.10. The summed E-state index contributed by atoms with van der Waals surface area (Å²) in [5.74, 6) is 1.16. The van der Waals surface area contributed by atoms with Crippen LogP contribution in [-0.2, 0) is 10.0 Å². The first-order valence-corrected chi connectivity index (χ1v) is 9.08. The van der Waals surface area contributed by atoms with Gasteiger partial charge in [0.2, 0.25) is 0 Å². The molecule has 2 rings (SSSR count). The van der Waals surface area contributed by atoms with Gasteiger partial charge in [0.25, 0.3) is 10.0 Å². The third-order valence-electron chi connectivity index (χ3n) is 3.31. The van der Waals surface area contributed by atoms with E-state index >= 15 is 0 Å². The molecule has 2 aromatic carbocycles. The zero-order chi connectivity index (χ0) is 17.6. The summed E-state index contributed by atoms with van der Waals surface area (Å²) in [5, 5.41) is 0. The van der Waals surface area contributed by atoms with Crippen LogP contribution < -0.4 is 9.47 Å². The van der Waals surface area contributed by atoms with E-state index < -0.39 is 10.0 Å². The third kappa shape index (κ3) is 4.58. The highest BCUT2D eigenvalue weighted by Gasteiger charge is 2.11. The van der Waals surface area contributed by atoms with Crippen LogP contribution in [0.25, 0.3) is 0 Å². The molecule has 0 aromatic heterocycles. The Bertz CT molecular complexity index is 811. The standard InChI is InChI=1S/C18H21NO4S/c1-4-11-23-17-10-7-15(12-18(17)22-3)13-19-24(20,21)16-8-5-14(2)6-9-16/h5-10,12-13H,4,11H2,1-3H3/b19-13-. The van der Waals surface area contributed by atoms with Gasteiger partial charge < -0.3 is 9.47 Å². The average molecular weight is 347 g/mol. The molecule has 2 aromatic rings. The van der Waals surface area contributed by atoms with Gasteiger partial charge in [-0.3, -0.25) is 0 Å². The molecule has 0 saturated carbocycles. The summed E-state index contributed by atoms with van der Waals surface area (Å²) in [7, 11) is -2.18. The summed E-state index contributed by atoms with van der Waals surface area (Å²) in [6, 6.07) is 11.8. The molecule has 0 heterocycles. The van der Waals surface area contributed by atoms with Crippen LogP contribution in [0.1, 0.15) is 24.5 Å². The SMILES string of the molecule is CCCOc1ccc(/C=N\S(=O)(=O)c2ccc(C)cc2)cc1OC. The molecule has 24 heavy (non-hydrogen) atoms. The first kappa shape index (κ1) is 18.0. The zero-order valence-electron chi connectivity index (χ0n) is 14.0. The minimum absolute atomic E-state index is 0.166. The number of aryl methyl sites for hydroxylation is 1. The fourth-order valence-electron chi connectivity index (χ4n) is 2.00. The monoisotopic (exact) mass is 347 g/mol. The van der Waals surface area contributed by atoms with Crippen molar-refractivity contribution in [2.45, 2.75) is 25.2 Å². The maximum absolute atomic E-state index is 12.2. The molecule has 0 spiro atoms. The van der Waals surface area contributed by atoms with Crippen molar-refractivity contribution < 1.29 is 17.9 Å². The summed E-state index contributed by atoms with van der Waals surface area (Å²) in [6.45, 7) is 4.50. The molecule has 0 amide bonds. The number of hydrogen-bond donors (Lipinski definition) is 0. The number of nitrogens with zero attached hydrogens (tertiary/aromatic N) is 1. The van der Waals surface area contributed by atoms with Crippen molar-refractivity contribution in [1.29, 1.82) is 0 Å². The summed E-state index contributed by atoms with van der Waals surface area (Å²) < 4.78 is 39.0. The van der Waals surface area contributed by atoms with Crippen LogP contribution in [0.3, 0.4) is 0 Å². The third-order valence-corrected chi connectivity index (χ3v) is 4.56. The maximum Gasteiger partial charge on any atom is 0.282 e. The lowest BCUT2D eigenvalue weighted by Crippen LogP contribution is -2.00. The molecule has 0 N–H and O–H groups in total. The van der Waals surface area contributed by atoms with E-state index in [1.807, 2.05) is 13.8 Å². The fraction of sp³-hybridized carbons (Fsp3) is 0.278. The van der Waals surface area contributed by atoms with Gasteiger partial charge in [-0.25, -0.2) is 0 Å². The average Bonchev–Trinajstić information content (AvgIpc) is 2.59. The molecule has 0 unspecified atom stereocenters. The van der Waals surface area contributed by atoms with Gasteiger partial charge in [0.05, 0.1) is 18.6 Å². The molecule has 0 fully saturated rings. The molecule has 0 radical (unpaired) electrons. The van der Waals surface area contributed by atoms with Gasteiger partial charge in [-0.1, -0.05) is 24.6 Å². The second-order valence-electron chi connectivity index (χ2n) is 5.28. The van der Waals surface area contributed by atoms with Crippen molar-refractivity contribution in [3.05, 3.63) is 53.6 Å². The number of benzene rings is 2. The molecule has 5 nitrogen and oxygen atoms in total. The van der Waals surface area contributed by atoms with Crippen molar-refractivity contribution >= 4 is 16.2 Å². The highest BCUT2D eigenvalue weighted by Crippen LogP contribution is 2.27. The van der Waals surface area contributed by atoms with Gasteiger partial charge in [0.15, 0.2) is 11.5 Å². The lowest BCUT2D eigenvalue weighted by molar-refractivity contribution is 0.294. The summed E-state index contributed by atoms with van der Waals surface area (Å²) in [6.07, 6.45) is 2.20. The van der Waals surface area contributed by atoms with Crippen molar-refractivity contribution in [2.75, 3.05) is 13.7 Å². The Hall–Kier alpha value is -2.34. The first-order chi connectivity index (χ1) is 11.5. The van der Waals surface area contributed by atoms with E-state index in [2.05, 4.69) is 4.40 Å². The van der Waals surface area contributed by atoms with Crippen LogP contribution in [0, 0.1) is 6.92 Å². The molecule has 0 bridgehead atoms. The maximum atomic E-state index is 12.2. The normalized spacial score (nSPS) is 11.6. The fourth-order valence-corrected chi connectivity index (χ4v) is 2.86. The number of ether oxygens (including phenoxy) is 2. The predicted molar refractivity (Wildman–Crippen MR) is 94.7 cm³/mol.